The number of benzene rings is 1. The summed E-state index contributed by atoms with van der Waals surface area (Å²) in [6, 6.07) is 8.07. The molecule has 4 nitrogen and oxygen atoms in total. The van der Waals surface area contributed by atoms with Crippen LogP contribution in [0.3, 0.4) is 0 Å². The van der Waals surface area contributed by atoms with Crippen LogP contribution in [0.4, 0.5) is 0 Å². The Bertz CT molecular complexity index is 710. The molecular weight excluding hydrogens is 374 g/mol. The maximum absolute atomic E-state index is 12.2. The van der Waals surface area contributed by atoms with E-state index in [9.17, 15) is 4.79 Å². The highest BCUT2D eigenvalue weighted by molar-refractivity contribution is 8.01. The number of nitrogens with zero attached hydrogens (tertiary/aromatic N) is 2. The van der Waals surface area contributed by atoms with Crippen LogP contribution in [-0.4, -0.2) is 22.4 Å². The van der Waals surface area contributed by atoms with Crippen molar-refractivity contribution in [1.29, 1.82) is 0 Å². The topological polar surface area (TPSA) is 54.4 Å². The van der Waals surface area contributed by atoms with Crippen molar-refractivity contribution in [2.24, 2.45) is 5.10 Å². The van der Waals surface area contributed by atoms with Crippen molar-refractivity contribution in [2.45, 2.75) is 75.0 Å². The summed E-state index contributed by atoms with van der Waals surface area (Å²) in [7, 11) is 0. The van der Waals surface area contributed by atoms with Crippen molar-refractivity contribution in [2.75, 3.05) is 5.75 Å². The van der Waals surface area contributed by atoms with Gasteiger partial charge in [-0.3, -0.25) is 4.79 Å². The molecule has 0 spiro atoms. The van der Waals surface area contributed by atoms with Gasteiger partial charge in [0.15, 0.2) is 4.34 Å². The lowest BCUT2D eigenvalue weighted by Gasteiger charge is -2.09. The van der Waals surface area contributed by atoms with Crippen molar-refractivity contribution >= 4 is 44.9 Å². The van der Waals surface area contributed by atoms with E-state index >= 15 is 0 Å². The molecule has 1 aromatic heterocycles. The number of hydrogen-bond acceptors (Lipinski definition) is 5. The van der Waals surface area contributed by atoms with Gasteiger partial charge in [-0.05, 0) is 37.8 Å². The summed E-state index contributed by atoms with van der Waals surface area (Å²) in [5, 5.41) is 4.45. The van der Waals surface area contributed by atoms with Gasteiger partial charge in [-0.2, -0.15) is 5.10 Å². The largest absolute Gasteiger partial charge is 0.272 e. The number of fused-ring (bicyclic) bond motifs is 1. The minimum Gasteiger partial charge on any atom is -0.272 e. The minimum absolute atomic E-state index is 0.0436. The quantitative estimate of drug-likeness (QED) is 0.491. The minimum atomic E-state index is -0.0436. The van der Waals surface area contributed by atoms with Crippen LogP contribution in [0, 0.1) is 0 Å². The van der Waals surface area contributed by atoms with Crippen molar-refractivity contribution in [3.8, 4) is 0 Å². The molecule has 3 rings (SSSR count). The molecule has 0 saturated heterocycles. The molecule has 0 aliphatic heterocycles. The fraction of sp³-hybridized carbons (Fsp3) is 0.571. The molecule has 0 unspecified atom stereocenters. The fourth-order valence-corrected chi connectivity index (χ4v) is 5.21. The molecule has 6 heteroatoms. The van der Waals surface area contributed by atoms with Gasteiger partial charge in [0.05, 0.1) is 16.0 Å². The molecule has 27 heavy (non-hydrogen) atoms. The van der Waals surface area contributed by atoms with E-state index in [-0.39, 0.29) is 5.91 Å². The number of para-hydroxylation sites is 1. The average Bonchev–Trinajstić information content (AvgIpc) is 3.09. The van der Waals surface area contributed by atoms with E-state index in [0.717, 1.165) is 33.1 Å². The molecule has 1 N–H and O–H groups in total. The van der Waals surface area contributed by atoms with E-state index in [1.54, 1.807) is 11.3 Å². The monoisotopic (exact) mass is 403 g/mol. The van der Waals surface area contributed by atoms with E-state index in [2.05, 4.69) is 21.6 Å². The number of rotatable bonds is 4. The van der Waals surface area contributed by atoms with Crippen LogP contribution in [0.2, 0.25) is 0 Å². The van der Waals surface area contributed by atoms with E-state index in [4.69, 9.17) is 0 Å². The van der Waals surface area contributed by atoms with Crippen LogP contribution < -0.4 is 5.43 Å². The van der Waals surface area contributed by atoms with Gasteiger partial charge in [0.1, 0.15) is 0 Å². The van der Waals surface area contributed by atoms with Crippen LogP contribution in [0.15, 0.2) is 33.7 Å². The summed E-state index contributed by atoms with van der Waals surface area (Å²) in [4.78, 5) is 16.7. The Balaban J connectivity index is 1.46. The molecule has 1 fully saturated rings. The smallest absolute Gasteiger partial charge is 0.250 e. The summed E-state index contributed by atoms with van der Waals surface area (Å²) in [5.74, 6) is 0.314. The van der Waals surface area contributed by atoms with Crippen molar-refractivity contribution in [3.05, 3.63) is 24.3 Å². The first-order valence-electron chi connectivity index (χ1n) is 10.1. The first kappa shape index (κ1) is 20.3. The van der Waals surface area contributed by atoms with Crippen LogP contribution in [0.5, 0.6) is 0 Å². The number of hydrazone groups is 1. The van der Waals surface area contributed by atoms with E-state index in [1.165, 1.54) is 69.5 Å². The number of thioether (sulfide) groups is 1. The second-order valence-electron chi connectivity index (χ2n) is 7.13. The number of nitrogens with one attached hydrogen (secondary N) is 1. The molecule has 0 radical (unpaired) electrons. The molecular formula is C21H29N3OS2. The van der Waals surface area contributed by atoms with Gasteiger partial charge in [-0.15, -0.1) is 11.3 Å². The summed E-state index contributed by atoms with van der Waals surface area (Å²) >= 11 is 3.12. The Kier molecular flexibility index (Phi) is 8.62. The predicted molar refractivity (Wildman–Crippen MR) is 117 cm³/mol. The first-order chi connectivity index (χ1) is 13.3. The second kappa shape index (κ2) is 11.4. The normalized spacial score (nSPS) is 17.1. The van der Waals surface area contributed by atoms with Gasteiger partial charge in [-0.1, -0.05) is 68.8 Å². The number of hydrogen-bond donors (Lipinski definition) is 1. The molecule has 1 aliphatic carbocycles. The van der Waals surface area contributed by atoms with Gasteiger partial charge >= 0.3 is 0 Å². The number of carbonyl (C=O) groups is 1. The Morgan fingerprint density at radius 1 is 1.00 bits per heavy atom. The molecule has 0 bridgehead atoms. The van der Waals surface area contributed by atoms with Gasteiger partial charge in [0.25, 0.3) is 5.91 Å². The number of amides is 1. The third-order valence-electron chi connectivity index (χ3n) is 4.87. The number of thiazole rings is 1. The molecule has 2 aromatic rings. The van der Waals surface area contributed by atoms with E-state index in [0.29, 0.717) is 5.75 Å². The second-order valence-corrected chi connectivity index (χ2v) is 9.38. The van der Waals surface area contributed by atoms with Crippen molar-refractivity contribution < 1.29 is 4.79 Å². The van der Waals surface area contributed by atoms with Crippen LogP contribution in [-0.2, 0) is 4.79 Å². The number of aromatic nitrogens is 1. The molecule has 1 saturated carbocycles. The summed E-state index contributed by atoms with van der Waals surface area (Å²) in [6.07, 6.45) is 13.8. The maximum Gasteiger partial charge on any atom is 0.250 e. The predicted octanol–water partition coefficient (Wildman–Crippen LogP) is 6.17. The molecule has 1 amide bonds. The highest BCUT2D eigenvalue weighted by Crippen LogP contribution is 2.29. The lowest BCUT2D eigenvalue weighted by molar-refractivity contribution is -0.118. The SMILES string of the molecule is O=C(CSc1nc2ccccc2s1)NN=C1CCCCCCCCCCC1. The first-order valence-corrected chi connectivity index (χ1v) is 11.9. The standard InChI is InChI=1S/C21H29N3OS2/c25-20(16-26-21-22-18-14-10-11-15-19(18)27-21)24-23-17-12-8-6-4-2-1-3-5-7-9-13-17/h10-11,14-15H,1-9,12-13,16H2,(H,24,25). The summed E-state index contributed by atoms with van der Waals surface area (Å²) in [5.41, 5.74) is 4.93. The summed E-state index contributed by atoms with van der Waals surface area (Å²) < 4.78 is 2.10. The Labute approximate surface area is 170 Å². The van der Waals surface area contributed by atoms with Crippen LogP contribution >= 0.6 is 23.1 Å². The average molecular weight is 404 g/mol. The Morgan fingerprint density at radius 2 is 1.63 bits per heavy atom. The molecule has 146 valence electrons. The zero-order valence-corrected chi connectivity index (χ0v) is 17.5. The zero-order chi connectivity index (χ0) is 18.7. The van der Waals surface area contributed by atoms with Crippen molar-refractivity contribution in [3.63, 3.8) is 0 Å². The maximum atomic E-state index is 12.2. The van der Waals surface area contributed by atoms with E-state index in [1.807, 2.05) is 18.2 Å². The highest BCUT2D eigenvalue weighted by Gasteiger charge is 2.08. The molecule has 1 aromatic carbocycles. The number of carbonyl (C=O) groups excluding carboxylic acids is 1. The van der Waals surface area contributed by atoms with E-state index < -0.39 is 0 Å². The van der Waals surface area contributed by atoms with Gasteiger partial charge in [-0.25, -0.2) is 10.4 Å². The Hall–Kier alpha value is -1.40. The lowest BCUT2D eigenvalue weighted by Crippen LogP contribution is -2.21. The van der Waals surface area contributed by atoms with Crippen molar-refractivity contribution in [1.82, 2.24) is 10.4 Å². The zero-order valence-electron chi connectivity index (χ0n) is 15.9. The van der Waals surface area contributed by atoms with Gasteiger partial charge < -0.3 is 0 Å². The molecule has 1 aliphatic rings. The highest BCUT2D eigenvalue weighted by atomic mass is 32.2. The van der Waals surface area contributed by atoms with Crippen LogP contribution in [0.1, 0.15) is 70.6 Å². The fourth-order valence-electron chi connectivity index (χ4n) is 3.35. The third-order valence-corrected chi connectivity index (χ3v) is 7.05. The third kappa shape index (κ3) is 7.26. The summed E-state index contributed by atoms with van der Waals surface area (Å²) in [6.45, 7) is 0. The van der Waals surface area contributed by atoms with Crippen LogP contribution in [0.25, 0.3) is 10.2 Å². The van der Waals surface area contributed by atoms with Gasteiger partial charge in [0, 0.05) is 5.71 Å². The van der Waals surface area contributed by atoms with Gasteiger partial charge in [0.2, 0.25) is 0 Å². The molecule has 0 atom stereocenters. The molecule has 1 heterocycles. The lowest BCUT2D eigenvalue weighted by atomic mass is 10.00. The Morgan fingerprint density at radius 3 is 2.30 bits per heavy atom.